The maximum Gasteiger partial charge on any atom is 0.174 e. The van der Waals surface area contributed by atoms with Crippen molar-refractivity contribution in [2.75, 3.05) is 106 Å². The summed E-state index contributed by atoms with van der Waals surface area (Å²) < 4.78 is 99.4. The number of carbonyl (C=O) groups is 2. The van der Waals surface area contributed by atoms with Gasteiger partial charge in [0.05, 0.1) is 139 Å². The smallest absolute Gasteiger partial charge is 0.174 e. The molecule has 9 saturated heterocycles. The molecule has 16 aliphatic carbocycles. The van der Waals surface area contributed by atoms with Gasteiger partial charge in [0.15, 0.2) is 46.3 Å². The Morgan fingerprint density at radius 1 is 0.394 bits per heavy atom. The molecule has 27 heteroatoms. The van der Waals surface area contributed by atoms with Gasteiger partial charge in [0.25, 0.3) is 0 Å². The number of hydrogen-bond donors (Lipinski definition) is 9. The average molecular weight is 1910 g/mol. The standard InChI is InChI=1S/C22H30O6.C22H28O6.C22H32O6.C20H26O5.C18H22O2.2C3H8O/c2*1-18-12-15(23)17-14-2-4-20(24-8-9-25-20)13-19(14)6-7-21(17,28-19)16(18)3-5-22(18)26-10-11-27-22;1-19-13-16(23)18-15-3-5-20(25-8-9-26-20)12-14(15)2-6-21(18,24)17(19)4-7-22(19)27-10-11-28-22;1-18-11-15(22)17-14-3-2-13(21)10-12(14)4-6-19(17,23)16(18)5-7-20(18)24-8-9-25-20;1-18-9-8-14-13-5-3-12(19)10-11(13)2-4-15(14)16(18)6-7-17(18)20;2*1-2-3-4/h15-16,23H,2-13H2,1H3;16H,2-13H2,1H3;16-18,23-24H,2-13H2,1H3;2-3,10,15-17,21-23H,4-9,11H2,1H3;3,5,10,14-16,19H,2,4,6-9H2,1H3;2*4H,2-3H2,1H3/t15-,16+,18-,19+,21-;16-,18+,19-,21+;16-,17-,18+,19+,21+;15-,16-,17+,18+,19+;14-,15-,16+,18+;;/m01111../s1. The van der Waals surface area contributed by atoms with Crippen LogP contribution in [0.15, 0.2) is 69.8 Å². The predicted octanol–water partition coefficient (Wildman–Crippen LogP) is 14.0. The van der Waals surface area contributed by atoms with E-state index in [1.807, 2.05) is 32.0 Å². The number of phenolic OH excluding ortho intramolecular Hbond substituents is 2. The molecule has 27 nitrogen and oxygen atoms in total. The van der Waals surface area contributed by atoms with Crippen LogP contribution in [0.3, 0.4) is 0 Å². The molecule has 137 heavy (non-hydrogen) atoms. The first kappa shape index (κ1) is 96.2. The van der Waals surface area contributed by atoms with Crippen molar-refractivity contribution >= 4 is 11.6 Å². The lowest BCUT2D eigenvalue weighted by Crippen LogP contribution is -2.65. The van der Waals surface area contributed by atoms with Crippen LogP contribution in [0, 0.1) is 68.5 Å². The molecule has 29 rings (SSSR count). The van der Waals surface area contributed by atoms with E-state index in [1.165, 1.54) is 45.4 Å². The number of aryl methyl sites for hydroxylation is 2. The van der Waals surface area contributed by atoms with Gasteiger partial charge in [0.2, 0.25) is 0 Å². The highest BCUT2D eigenvalue weighted by molar-refractivity contribution is 6.01. The van der Waals surface area contributed by atoms with E-state index in [0.29, 0.717) is 186 Å². The van der Waals surface area contributed by atoms with Gasteiger partial charge in [-0.25, -0.2) is 0 Å². The van der Waals surface area contributed by atoms with Crippen molar-refractivity contribution in [2.45, 2.75) is 390 Å². The molecule has 9 N–H and O–H groups in total. The SMILES string of the molecule is CCCO.CCCO.C[C@]12CC(=O)C3=C4CCC5(C[C@]46CC[C@]3(O6)[C@@H]1CCC21OCCO1)OCCO5.C[C@]12CC[C@@H]3c4ccc(O)cc4CC[C@H]3[C@@H]1CCC2=O.C[C@]12C[C@@H](O)[C@@H]3C4=C(CC[C@]3(O)[C@@H]1CCC21OCCO1)CC1(CC4)OCCO1.C[C@]12C[C@@H](O)[C@@H]3c4ccc(O)cc4CC[C@]3(O)[C@@H]1CCC21OCCO1.C[C@]12C[C@H](O)C3=C4CCC5(C[C@]46CC[C@]3(O6)[C@@H]1CCC21OCCO1)OCCO5. The van der Waals surface area contributed by atoms with Gasteiger partial charge in [0.1, 0.15) is 22.9 Å². The highest BCUT2D eigenvalue weighted by atomic mass is 16.8. The molecular formula is C110H154O27. The largest absolute Gasteiger partial charge is 0.508 e. The number of Topliss-reactive ketones (excluding diaryl/α,β-unsaturated/α-hetero) is 2. The number of carbonyl (C=O) groups excluding carboxylic acids is 2. The molecule has 2 aromatic carbocycles. The third-order valence-corrected chi connectivity index (χ3v) is 42.1. The Morgan fingerprint density at radius 2 is 0.832 bits per heavy atom. The third kappa shape index (κ3) is 13.9. The van der Waals surface area contributed by atoms with E-state index in [0.717, 1.165) is 203 Å². The summed E-state index contributed by atoms with van der Waals surface area (Å²) in [5.41, 5.74) is 7.66. The van der Waals surface area contributed by atoms with Crippen LogP contribution in [-0.4, -0.2) is 256 Å². The number of phenols is 2. The second-order valence-corrected chi connectivity index (χ2v) is 47.9. The Hall–Kier alpha value is -4.32. The summed E-state index contributed by atoms with van der Waals surface area (Å²) in [6.45, 7) is 24.4. The topological polar surface area (TPSA) is 364 Å². The first-order valence-corrected chi connectivity index (χ1v) is 53.6. The Balaban J connectivity index is 0.0000000946. The summed E-state index contributed by atoms with van der Waals surface area (Å²) in [6.07, 6.45) is 30.1. The van der Waals surface area contributed by atoms with E-state index in [1.54, 1.807) is 12.1 Å². The fourth-order valence-electron chi connectivity index (χ4n) is 36.6. The van der Waals surface area contributed by atoms with E-state index < -0.39 is 75.6 Å². The lowest BCUT2D eigenvalue weighted by Gasteiger charge is -2.60. The molecule has 23 atom stereocenters. The zero-order chi connectivity index (χ0) is 95.0. The Kier molecular flexibility index (Phi) is 24.0. The number of aliphatic hydroxyl groups is 7. The molecule has 0 radical (unpaired) electrons. The first-order valence-electron chi connectivity index (χ1n) is 53.6. The molecular weight excluding hydrogens is 1750 g/mol. The highest BCUT2D eigenvalue weighted by Crippen LogP contribution is 2.78. The van der Waals surface area contributed by atoms with E-state index >= 15 is 0 Å². The number of ketones is 2. The molecule has 0 amide bonds. The average Bonchev–Trinajstić information content (AvgIpc) is 1.50. The van der Waals surface area contributed by atoms with Crippen molar-refractivity contribution in [3.63, 3.8) is 0 Å². The summed E-state index contributed by atoms with van der Waals surface area (Å²) in [6, 6.07) is 11.2. The molecule has 11 heterocycles. The number of hydrogen-bond acceptors (Lipinski definition) is 27. The van der Waals surface area contributed by atoms with Crippen LogP contribution in [0.1, 0.15) is 307 Å². The van der Waals surface area contributed by atoms with E-state index in [9.17, 15) is 45.3 Å². The molecule has 12 saturated carbocycles. The molecule has 21 fully saturated rings. The van der Waals surface area contributed by atoms with Crippen LogP contribution in [-0.2, 0) is 98.2 Å². The minimum atomic E-state index is -0.963. The number of aliphatic hydroxyl groups excluding tert-OH is 5. The van der Waals surface area contributed by atoms with Crippen LogP contribution >= 0.6 is 0 Å². The van der Waals surface area contributed by atoms with E-state index in [2.05, 4.69) is 40.7 Å². The van der Waals surface area contributed by atoms with Crippen molar-refractivity contribution in [2.24, 2.45) is 68.5 Å². The second-order valence-electron chi connectivity index (χ2n) is 47.9. The zero-order valence-corrected chi connectivity index (χ0v) is 82.2. The maximum atomic E-state index is 13.6. The predicted molar refractivity (Wildman–Crippen MR) is 496 cm³/mol. The summed E-state index contributed by atoms with van der Waals surface area (Å²) >= 11 is 0. The van der Waals surface area contributed by atoms with Gasteiger partial charge in [-0.15, -0.1) is 0 Å². The normalized spacial score (nSPS) is 45.1. The van der Waals surface area contributed by atoms with E-state index in [-0.39, 0.29) is 85.0 Å². The van der Waals surface area contributed by atoms with Gasteiger partial charge >= 0.3 is 0 Å². The lowest BCUT2D eigenvalue weighted by atomic mass is 9.50. The van der Waals surface area contributed by atoms with E-state index in [4.69, 9.17) is 86.0 Å². The van der Waals surface area contributed by atoms with Crippen molar-refractivity contribution in [1.29, 1.82) is 0 Å². The minimum Gasteiger partial charge on any atom is -0.508 e. The summed E-state index contributed by atoms with van der Waals surface area (Å²) in [7, 11) is 0. The Morgan fingerprint density at radius 3 is 1.38 bits per heavy atom. The van der Waals surface area contributed by atoms with Crippen LogP contribution < -0.4 is 0 Å². The molecule has 11 spiro atoms. The maximum absolute atomic E-state index is 13.6. The molecule has 2 aromatic rings. The van der Waals surface area contributed by atoms with Crippen LogP contribution in [0.4, 0.5) is 0 Å². The van der Waals surface area contributed by atoms with Gasteiger partial charge in [0, 0.05) is 147 Å². The molecule has 27 aliphatic rings. The monoisotopic (exact) mass is 1910 g/mol. The number of fused-ring (bicyclic) bond motifs is 20. The molecule has 11 aliphatic heterocycles. The van der Waals surface area contributed by atoms with Gasteiger partial charge in [-0.3, -0.25) is 9.59 Å². The van der Waals surface area contributed by atoms with Crippen molar-refractivity contribution < 1.29 is 131 Å². The van der Waals surface area contributed by atoms with Gasteiger partial charge in [-0.05, 0) is 253 Å². The van der Waals surface area contributed by atoms with Crippen LogP contribution in [0.25, 0.3) is 0 Å². The summed E-state index contributed by atoms with van der Waals surface area (Å²) in [4.78, 5) is 25.9. The number of benzene rings is 2. The van der Waals surface area contributed by atoms with Crippen molar-refractivity contribution in [1.82, 2.24) is 0 Å². The highest BCUT2D eigenvalue weighted by Gasteiger charge is 2.81. The quantitative estimate of drug-likeness (QED) is 0.126. The first-order chi connectivity index (χ1) is 65.7. The van der Waals surface area contributed by atoms with Crippen molar-refractivity contribution in [3.8, 4) is 11.5 Å². The lowest BCUT2D eigenvalue weighted by molar-refractivity contribution is -0.274. The molecule has 0 unspecified atom stereocenters. The number of ether oxygens (including phenoxy) is 16. The van der Waals surface area contributed by atoms with Gasteiger partial charge < -0.3 is 122 Å². The van der Waals surface area contributed by atoms with Gasteiger partial charge in [-0.2, -0.15) is 0 Å². The van der Waals surface area contributed by atoms with Crippen LogP contribution in [0.5, 0.6) is 11.5 Å². The van der Waals surface area contributed by atoms with Gasteiger partial charge in [-0.1, -0.05) is 71.7 Å². The van der Waals surface area contributed by atoms with Crippen molar-refractivity contribution in [3.05, 3.63) is 92.1 Å². The molecule has 0 aromatic heterocycles. The third-order valence-electron chi connectivity index (χ3n) is 42.1. The fraction of sp³-hybridized carbons (Fsp3) is 0.818. The zero-order valence-electron chi connectivity index (χ0n) is 82.2. The minimum absolute atomic E-state index is 0.0322. The summed E-state index contributed by atoms with van der Waals surface area (Å²) in [5.74, 6) is -0.356. The Labute approximate surface area is 806 Å². The molecule has 4 bridgehead atoms. The number of aromatic hydroxyl groups is 2. The van der Waals surface area contributed by atoms with Crippen LogP contribution in [0.2, 0.25) is 0 Å². The summed E-state index contributed by atoms with van der Waals surface area (Å²) in [5, 5.41) is 93.0. The second kappa shape index (κ2) is 34.1. The number of rotatable bonds is 2. The fourth-order valence-corrected chi connectivity index (χ4v) is 36.6. The molecule has 756 valence electrons. The Bertz CT molecular complexity index is 5050.